The number of alkyl halides is 3. The van der Waals surface area contributed by atoms with E-state index in [0.29, 0.717) is 0 Å². The second-order valence-corrected chi connectivity index (χ2v) is 6.30. The summed E-state index contributed by atoms with van der Waals surface area (Å²) in [6.45, 7) is 1.88. The van der Waals surface area contributed by atoms with Crippen molar-refractivity contribution in [2.45, 2.75) is 31.7 Å². The zero-order valence-corrected chi connectivity index (χ0v) is 15.3. The molecule has 28 heavy (non-hydrogen) atoms. The number of methoxy groups -OCH3 is 1. The van der Waals surface area contributed by atoms with Crippen molar-refractivity contribution in [2.75, 3.05) is 7.11 Å². The highest BCUT2D eigenvalue weighted by Crippen LogP contribution is 2.30. The van der Waals surface area contributed by atoms with E-state index >= 15 is 0 Å². The number of ether oxygens (including phenoxy) is 1. The minimum Gasteiger partial charge on any atom is -0.467 e. The Morgan fingerprint density at radius 1 is 1.14 bits per heavy atom. The summed E-state index contributed by atoms with van der Waals surface area (Å²) in [6, 6.07) is 9.83. The fraction of sp³-hybridized carbons (Fsp3) is 0.300. The third kappa shape index (κ3) is 5.56. The smallest absolute Gasteiger partial charge is 0.416 e. The lowest BCUT2D eigenvalue weighted by Gasteiger charge is -2.19. The first-order valence-electron chi connectivity index (χ1n) is 8.41. The van der Waals surface area contributed by atoms with Gasteiger partial charge in [-0.3, -0.25) is 4.79 Å². The van der Waals surface area contributed by atoms with Crippen LogP contribution in [0.2, 0.25) is 0 Å². The molecule has 0 saturated heterocycles. The largest absolute Gasteiger partial charge is 0.467 e. The maximum atomic E-state index is 12.6. The van der Waals surface area contributed by atoms with E-state index in [2.05, 4.69) is 5.32 Å². The second-order valence-electron chi connectivity index (χ2n) is 6.30. The highest BCUT2D eigenvalue weighted by atomic mass is 19.4. The van der Waals surface area contributed by atoms with E-state index in [9.17, 15) is 27.9 Å². The van der Waals surface area contributed by atoms with Crippen molar-refractivity contribution in [3.05, 3.63) is 70.8 Å². The molecule has 8 heteroatoms. The Labute approximate surface area is 160 Å². The molecule has 2 N–H and O–H groups in total. The molecule has 5 nitrogen and oxygen atoms in total. The van der Waals surface area contributed by atoms with Crippen molar-refractivity contribution in [1.82, 2.24) is 5.32 Å². The number of hydrogen-bond acceptors (Lipinski definition) is 4. The molecule has 0 bridgehead atoms. The molecule has 0 spiro atoms. The standard InChI is InChI=1S/C20H20F3NO4/c1-12-4-3-5-13(10-12)11-16(19(27)28-2)24-18(26)17(25)14-6-8-15(9-7-14)20(21,22)23/h3-10,16-17,25H,11H2,1-2H3,(H,24,26)/t16-,17+/m1/s1. The SMILES string of the molecule is COC(=O)[C@@H](Cc1cccc(C)c1)NC(=O)[C@@H](O)c1ccc(C(F)(F)F)cc1. The van der Waals surface area contributed by atoms with E-state index in [1.807, 2.05) is 19.1 Å². The zero-order valence-electron chi connectivity index (χ0n) is 15.3. The quantitative estimate of drug-likeness (QED) is 0.738. The van der Waals surface area contributed by atoms with Crippen molar-refractivity contribution in [3.63, 3.8) is 0 Å². The van der Waals surface area contributed by atoms with Crippen LogP contribution in [-0.4, -0.2) is 30.1 Å². The Morgan fingerprint density at radius 2 is 1.79 bits per heavy atom. The lowest BCUT2D eigenvalue weighted by molar-refractivity contribution is -0.146. The number of hydrogen-bond donors (Lipinski definition) is 2. The summed E-state index contributed by atoms with van der Waals surface area (Å²) in [5, 5.41) is 12.5. The topological polar surface area (TPSA) is 75.6 Å². The Bertz CT molecular complexity index is 834. The van der Waals surface area contributed by atoms with Crippen LogP contribution < -0.4 is 5.32 Å². The zero-order chi connectivity index (χ0) is 20.9. The lowest BCUT2D eigenvalue weighted by atomic mass is 10.0. The highest BCUT2D eigenvalue weighted by Gasteiger charge is 2.31. The highest BCUT2D eigenvalue weighted by molar-refractivity contribution is 5.87. The molecular formula is C20H20F3NO4. The first-order chi connectivity index (χ1) is 13.1. The Balaban J connectivity index is 2.12. The van der Waals surface area contributed by atoms with Crippen LogP contribution in [0.3, 0.4) is 0 Å². The third-order valence-electron chi connectivity index (χ3n) is 4.13. The summed E-state index contributed by atoms with van der Waals surface area (Å²) in [7, 11) is 1.17. The summed E-state index contributed by atoms with van der Waals surface area (Å²) in [5.41, 5.74) is 0.831. The number of esters is 1. The number of benzene rings is 2. The van der Waals surface area contributed by atoms with Crippen LogP contribution in [-0.2, 0) is 26.9 Å². The van der Waals surface area contributed by atoms with Crippen molar-refractivity contribution < 1.29 is 32.6 Å². The predicted octanol–water partition coefficient (Wildman–Crippen LogP) is 2.95. The molecule has 0 aromatic heterocycles. The number of aryl methyl sites for hydroxylation is 1. The van der Waals surface area contributed by atoms with E-state index in [1.165, 1.54) is 7.11 Å². The van der Waals surface area contributed by atoms with Gasteiger partial charge in [-0.2, -0.15) is 13.2 Å². The molecule has 0 aliphatic carbocycles. The van der Waals surface area contributed by atoms with Crippen molar-refractivity contribution >= 4 is 11.9 Å². The van der Waals surface area contributed by atoms with Gasteiger partial charge >= 0.3 is 12.1 Å². The molecule has 2 atom stereocenters. The molecule has 0 heterocycles. The Kier molecular flexibility index (Phi) is 6.80. The normalized spacial score (nSPS) is 13.5. The van der Waals surface area contributed by atoms with Crippen LogP contribution in [0.4, 0.5) is 13.2 Å². The summed E-state index contributed by atoms with van der Waals surface area (Å²) >= 11 is 0. The minimum atomic E-state index is -4.52. The molecule has 0 fully saturated rings. The van der Waals surface area contributed by atoms with Gasteiger partial charge in [0.15, 0.2) is 6.10 Å². The van der Waals surface area contributed by atoms with Crippen molar-refractivity contribution in [1.29, 1.82) is 0 Å². The number of nitrogens with one attached hydrogen (secondary N) is 1. The van der Waals surface area contributed by atoms with Gasteiger partial charge in [-0.05, 0) is 30.2 Å². The number of rotatable bonds is 6. The summed E-state index contributed by atoms with van der Waals surface area (Å²) in [5.74, 6) is -1.61. The molecule has 0 aliphatic rings. The molecule has 2 aromatic carbocycles. The average Bonchev–Trinajstić information content (AvgIpc) is 2.65. The number of carbonyl (C=O) groups excluding carboxylic acids is 2. The fourth-order valence-corrected chi connectivity index (χ4v) is 2.67. The fourth-order valence-electron chi connectivity index (χ4n) is 2.67. The van der Waals surface area contributed by atoms with E-state index in [4.69, 9.17) is 4.74 Å². The summed E-state index contributed by atoms with van der Waals surface area (Å²) in [4.78, 5) is 24.3. The summed E-state index contributed by atoms with van der Waals surface area (Å²) < 4.78 is 42.6. The number of aliphatic hydroxyl groups is 1. The van der Waals surface area contributed by atoms with Crippen molar-refractivity contribution in [2.24, 2.45) is 0 Å². The first kappa shape index (κ1) is 21.4. The van der Waals surface area contributed by atoms with E-state index in [-0.39, 0.29) is 12.0 Å². The molecule has 0 aliphatic heterocycles. The van der Waals surface area contributed by atoms with Gasteiger partial charge in [0.2, 0.25) is 0 Å². The number of halogens is 3. The van der Waals surface area contributed by atoms with Gasteiger partial charge in [0.1, 0.15) is 6.04 Å². The van der Waals surface area contributed by atoms with Gasteiger partial charge in [-0.15, -0.1) is 0 Å². The molecular weight excluding hydrogens is 375 g/mol. The van der Waals surface area contributed by atoms with Gasteiger partial charge in [-0.1, -0.05) is 42.0 Å². The van der Waals surface area contributed by atoms with Crippen LogP contribution >= 0.6 is 0 Å². The predicted molar refractivity (Wildman–Crippen MR) is 95.2 cm³/mol. The van der Waals surface area contributed by atoms with Gasteiger partial charge in [0, 0.05) is 6.42 Å². The van der Waals surface area contributed by atoms with Crippen LogP contribution in [0.25, 0.3) is 0 Å². The van der Waals surface area contributed by atoms with E-state index < -0.39 is 35.8 Å². The number of aliphatic hydroxyl groups excluding tert-OH is 1. The van der Waals surface area contributed by atoms with Crippen LogP contribution in [0.15, 0.2) is 48.5 Å². The molecule has 150 valence electrons. The Hall–Kier alpha value is -2.87. The Morgan fingerprint density at radius 3 is 2.32 bits per heavy atom. The van der Waals surface area contributed by atoms with Gasteiger partial charge < -0.3 is 15.2 Å². The first-order valence-corrected chi connectivity index (χ1v) is 8.41. The summed E-state index contributed by atoms with van der Waals surface area (Å²) in [6.07, 6.45) is -6.11. The van der Waals surface area contributed by atoms with Gasteiger partial charge in [-0.25, -0.2) is 4.79 Å². The molecule has 0 saturated carbocycles. The maximum Gasteiger partial charge on any atom is 0.416 e. The number of carbonyl (C=O) groups is 2. The van der Waals surface area contributed by atoms with E-state index in [1.54, 1.807) is 12.1 Å². The molecule has 2 aromatic rings. The monoisotopic (exact) mass is 395 g/mol. The minimum absolute atomic E-state index is 0.0235. The van der Waals surface area contributed by atoms with Gasteiger partial charge in [0.05, 0.1) is 12.7 Å². The molecule has 2 rings (SSSR count). The average molecular weight is 395 g/mol. The van der Waals surface area contributed by atoms with Crippen LogP contribution in [0.1, 0.15) is 28.4 Å². The van der Waals surface area contributed by atoms with Crippen molar-refractivity contribution in [3.8, 4) is 0 Å². The maximum absolute atomic E-state index is 12.6. The molecule has 0 radical (unpaired) electrons. The van der Waals surface area contributed by atoms with E-state index in [0.717, 1.165) is 35.4 Å². The molecule has 0 unspecified atom stereocenters. The van der Waals surface area contributed by atoms with Gasteiger partial charge in [0.25, 0.3) is 5.91 Å². The number of amides is 1. The van der Waals surface area contributed by atoms with Crippen LogP contribution in [0.5, 0.6) is 0 Å². The van der Waals surface area contributed by atoms with Crippen LogP contribution in [0, 0.1) is 6.92 Å². The second kappa shape index (κ2) is 8.88. The molecule has 1 amide bonds. The lowest BCUT2D eigenvalue weighted by Crippen LogP contribution is -2.45. The third-order valence-corrected chi connectivity index (χ3v) is 4.13.